The largest absolute Gasteiger partial charge is 0.383 e. The molecule has 1 aromatic heterocycles. The van der Waals surface area contributed by atoms with Crippen LogP contribution in [0.4, 0.5) is 5.82 Å². The maximum atomic E-state index is 5.06. The Morgan fingerprint density at radius 2 is 2.21 bits per heavy atom. The van der Waals surface area contributed by atoms with Crippen molar-refractivity contribution < 1.29 is 4.74 Å². The van der Waals surface area contributed by atoms with E-state index in [9.17, 15) is 0 Å². The smallest absolute Gasteiger partial charge is 0.128 e. The predicted molar refractivity (Wildman–Crippen MR) is 58.7 cm³/mol. The van der Waals surface area contributed by atoms with Crippen LogP contribution in [-0.4, -0.2) is 31.8 Å². The molecule has 0 unspecified atom stereocenters. The van der Waals surface area contributed by atoms with Gasteiger partial charge in [0.2, 0.25) is 0 Å². The average Bonchev–Trinajstić information content (AvgIpc) is 2.19. The predicted octanol–water partition coefficient (Wildman–Crippen LogP) is 1.86. The summed E-state index contributed by atoms with van der Waals surface area (Å²) in [5.74, 6) is 1.03. The number of hydrogen-bond donors (Lipinski definition) is 0. The van der Waals surface area contributed by atoms with E-state index < -0.39 is 0 Å². The Kier molecular flexibility index (Phi) is 4.40. The van der Waals surface area contributed by atoms with Crippen LogP contribution in [-0.2, 0) is 4.74 Å². The summed E-state index contributed by atoms with van der Waals surface area (Å²) in [5, 5.41) is 0. The zero-order valence-electron chi connectivity index (χ0n) is 9.16. The number of likely N-dealkylation sites (N-methyl/N-ethyl adjacent to an activating group) is 1. The fourth-order valence-corrected chi connectivity index (χ4v) is 1.34. The van der Waals surface area contributed by atoms with Crippen LogP contribution in [0.5, 0.6) is 0 Å². The molecular formula is C11H18N2O. The molecule has 0 atom stereocenters. The molecule has 14 heavy (non-hydrogen) atoms. The second kappa shape index (κ2) is 5.60. The SMILES string of the molecule is CCN(CCOC)c1cccc(C)n1. The van der Waals surface area contributed by atoms with E-state index in [4.69, 9.17) is 4.74 Å². The Labute approximate surface area is 85.7 Å². The van der Waals surface area contributed by atoms with Crippen LogP contribution in [0, 0.1) is 6.92 Å². The summed E-state index contributed by atoms with van der Waals surface area (Å²) in [5.41, 5.74) is 1.05. The molecule has 0 radical (unpaired) electrons. The highest BCUT2D eigenvalue weighted by molar-refractivity contribution is 5.38. The Morgan fingerprint density at radius 1 is 1.43 bits per heavy atom. The third-order valence-electron chi connectivity index (χ3n) is 2.14. The first kappa shape index (κ1) is 11.0. The third-order valence-corrected chi connectivity index (χ3v) is 2.14. The fraction of sp³-hybridized carbons (Fsp3) is 0.545. The van der Waals surface area contributed by atoms with Gasteiger partial charge in [-0.1, -0.05) is 6.07 Å². The van der Waals surface area contributed by atoms with Crippen molar-refractivity contribution in [2.75, 3.05) is 31.7 Å². The second-order valence-electron chi connectivity index (χ2n) is 3.21. The van der Waals surface area contributed by atoms with Crippen molar-refractivity contribution in [3.05, 3.63) is 23.9 Å². The number of rotatable bonds is 5. The molecule has 78 valence electrons. The van der Waals surface area contributed by atoms with E-state index in [-0.39, 0.29) is 0 Å². The van der Waals surface area contributed by atoms with Gasteiger partial charge in [-0.3, -0.25) is 0 Å². The number of hydrogen-bond acceptors (Lipinski definition) is 3. The quantitative estimate of drug-likeness (QED) is 0.715. The third kappa shape index (κ3) is 3.00. The summed E-state index contributed by atoms with van der Waals surface area (Å²) in [6.45, 7) is 6.72. The van der Waals surface area contributed by atoms with Crippen LogP contribution >= 0.6 is 0 Å². The summed E-state index contributed by atoms with van der Waals surface area (Å²) in [7, 11) is 1.72. The minimum atomic E-state index is 0.740. The molecule has 3 nitrogen and oxygen atoms in total. The van der Waals surface area contributed by atoms with Gasteiger partial charge in [0.25, 0.3) is 0 Å². The van der Waals surface area contributed by atoms with Crippen LogP contribution in [0.3, 0.4) is 0 Å². The minimum Gasteiger partial charge on any atom is -0.383 e. The lowest BCUT2D eigenvalue weighted by Gasteiger charge is -2.21. The molecule has 0 bridgehead atoms. The highest BCUT2D eigenvalue weighted by Crippen LogP contribution is 2.10. The number of aryl methyl sites for hydroxylation is 1. The van der Waals surface area contributed by atoms with Gasteiger partial charge in [0, 0.05) is 25.9 Å². The van der Waals surface area contributed by atoms with Crippen LogP contribution in [0.1, 0.15) is 12.6 Å². The molecule has 0 aromatic carbocycles. The van der Waals surface area contributed by atoms with Crippen molar-refractivity contribution in [1.82, 2.24) is 4.98 Å². The number of nitrogens with zero attached hydrogens (tertiary/aromatic N) is 2. The average molecular weight is 194 g/mol. The molecule has 0 aliphatic carbocycles. The van der Waals surface area contributed by atoms with Gasteiger partial charge in [0.1, 0.15) is 5.82 Å². The van der Waals surface area contributed by atoms with Crippen molar-refractivity contribution in [2.45, 2.75) is 13.8 Å². The lowest BCUT2D eigenvalue weighted by atomic mass is 10.3. The lowest BCUT2D eigenvalue weighted by Crippen LogP contribution is -2.27. The second-order valence-corrected chi connectivity index (χ2v) is 3.21. The minimum absolute atomic E-state index is 0.740. The summed E-state index contributed by atoms with van der Waals surface area (Å²) in [6, 6.07) is 6.08. The number of pyridine rings is 1. The van der Waals surface area contributed by atoms with Crippen LogP contribution in [0.25, 0.3) is 0 Å². The maximum absolute atomic E-state index is 5.06. The standard InChI is InChI=1S/C11H18N2O/c1-4-13(8-9-14-3)11-7-5-6-10(2)12-11/h5-7H,4,8-9H2,1-3H3. The molecule has 3 heteroatoms. The van der Waals surface area contributed by atoms with Gasteiger partial charge in [-0.25, -0.2) is 4.98 Å². The molecule has 0 saturated carbocycles. The van der Waals surface area contributed by atoms with Crippen molar-refractivity contribution in [1.29, 1.82) is 0 Å². The van der Waals surface area contributed by atoms with Gasteiger partial charge < -0.3 is 9.64 Å². The van der Waals surface area contributed by atoms with E-state index in [1.165, 1.54) is 0 Å². The Bertz CT molecular complexity index is 276. The molecule has 0 N–H and O–H groups in total. The zero-order chi connectivity index (χ0) is 10.4. The number of anilines is 1. The molecular weight excluding hydrogens is 176 g/mol. The monoisotopic (exact) mass is 194 g/mol. The molecule has 1 aromatic rings. The van der Waals surface area contributed by atoms with Gasteiger partial charge >= 0.3 is 0 Å². The summed E-state index contributed by atoms with van der Waals surface area (Å²) in [6.07, 6.45) is 0. The normalized spacial score (nSPS) is 10.2. The van der Waals surface area contributed by atoms with Gasteiger partial charge in [-0.05, 0) is 26.0 Å². The van der Waals surface area contributed by atoms with Crippen LogP contribution in [0.2, 0.25) is 0 Å². The first-order chi connectivity index (χ1) is 6.77. The van der Waals surface area contributed by atoms with Gasteiger partial charge in [0.15, 0.2) is 0 Å². The van der Waals surface area contributed by atoms with Gasteiger partial charge in [-0.15, -0.1) is 0 Å². The van der Waals surface area contributed by atoms with E-state index in [0.717, 1.165) is 31.2 Å². The highest BCUT2D eigenvalue weighted by Gasteiger charge is 2.04. The van der Waals surface area contributed by atoms with Crippen molar-refractivity contribution in [2.24, 2.45) is 0 Å². The fourth-order valence-electron chi connectivity index (χ4n) is 1.34. The van der Waals surface area contributed by atoms with E-state index in [0.29, 0.717) is 0 Å². The number of methoxy groups -OCH3 is 1. The van der Waals surface area contributed by atoms with Crippen LogP contribution < -0.4 is 4.90 Å². The van der Waals surface area contributed by atoms with E-state index in [1.54, 1.807) is 7.11 Å². The van der Waals surface area contributed by atoms with E-state index in [2.05, 4.69) is 16.8 Å². The van der Waals surface area contributed by atoms with Crippen molar-refractivity contribution >= 4 is 5.82 Å². The number of aromatic nitrogens is 1. The molecule has 0 saturated heterocycles. The topological polar surface area (TPSA) is 25.4 Å². The van der Waals surface area contributed by atoms with Crippen molar-refractivity contribution in [3.63, 3.8) is 0 Å². The molecule has 1 heterocycles. The zero-order valence-corrected chi connectivity index (χ0v) is 9.16. The number of ether oxygens (including phenoxy) is 1. The molecule has 0 amide bonds. The first-order valence-corrected chi connectivity index (χ1v) is 4.95. The Hall–Kier alpha value is -1.09. The highest BCUT2D eigenvalue weighted by atomic mass is 16.5. The molecule has 1 rings (SSSR count). The Balaban J connectivity index is 2.68. The lowest BCUT2D eigenvalue weighted by molar-refractivity contribution is 0.205. The van der Waals surface area contributed by atoms with E-state index >= 15 is 0 Å². The maximum Gasteiger partial charge on any atom is 0.128 e. The summed E-state index contributed by atoms with van der Waals surface area (Å²) in [4.78, 5) is 6.67. The summed E-state index contributed by atoms with van der Waals surface area (Å²) < 4.78 is 5.06. The molecule has 0 aliphatic rings. The van der Waals surface area contributed by atoms with Gasteiger partial charge in [0.05, 0.1) is 6.61 Å². The van der Waals surface area contributed by atoms with Crippen LogP contribution in [0.15, 0.2) is 18.2 Å². The summed E-state index contributed by atoms with van der Waals surface area (Å²) >= 11 is 0. The Morgan fingerprint density at radius 3 is 2.79 bits per heavy atom. The molecule has 0 fully saturated rings. The first-order valence-electron chi connectivity index (χ1n) is 4.95. The van der Waals surface area contributed by atoms with Crippen molar-refractivity contribution in [3.8, 4) is 0 Å². The van der Waals surface area contributed by atoms with E-state index in [1.807, 2.05) is 25.1 Å². The van der Waals surface area contributed by atoms with Gasteiger partial charge in [-0.2, -0.15) is 0 Å². The molecule has 0 spiro atoms. The molecule has 0 aliphatic heterocycles.